The minimum absolute atomic E-state index is 0.0534. The van der Waals surface area contributed by atoms with Crippen molar-refractivity contribution < 1.29 is 45.8 Å². The van der Waals surface area contributed by atoms with Gasteiger partial charge in [-0.1, -0.05) is 6.92 Å². The number of anilines is 2. The molecule has 10 nitrogen and oxygen atoms in total. The molecular formula is C36H44F6N6O4. The molecule has 284 valence electrons. The van der Waals surface area contributed by atoms with Gasteiger partial charge in [0.1, 0.15) is 11.6 Å². The topological polar surface area (TPSA) is 135 Å². The van der Waals surface area contributed by atoms with E-state index in [-0.39, 0.29) is 53.4 Å². The first kappa shape index (κ1) is 40.5. The molecule has 3 atom stereocenters. The minimum atomic E-state index is -5.11. The summed E-state index contributed by atoms with van der Waals surface area (Å²) in [6, 6.07) is 4.38. The number of alkyl halides is 6. The zero-order valence-electron chi connectivity index (χ0n) is 29.7. The predicted octanol–water partition coefficient (Wildman–Crippen LogP) is 7.93. The fourth-order valence-electron chi connectivity index (χ4n) is 6.84. The number of hydrogen-bond donors (Lipinski definition) is 2. The molecule has 2 aliphatic rings. The highest BCUT2D eigenvalue weighted by Gasteiger charge is 2.49. The first-order valence-corrected chi connectivity index (χ1v) is 17.1. The van der Waals surface area contributed by atoms with E-state index in [0.717, 1.165) is 18.1 Å². The molecule has 16 heteroatoms. The lowest BCUT2D eigenvalue weighted by molar-refractivity contribution is -0.143. The number of ether oxygens (including phenoxy) is 1. The number of carbonyl (C=O) groups excluding carboxylic acids is 1. The number of nitrogens with two attached hydrogens (primary N) is 1. The van der Waals surface area contributed by atoms with Crippen LogP contribution in [0.25, 0.3) is 0 Å². The van der Waals surface area contributed by atoms with Crippen LogP contribution in [0.3, 0.4) is 0 Å². The Balaban J connectivity index is 0.00000113. The number of carbonyl (C=O) groups is 2. The zero-order chi connectivity index (χ0) is 38.6. The Morgan fingerprint density at radius 2 is 1.54 bits per heavy atom. The SMILES string of the molecule is CCOCC.CC[C@]1(N)C[C@@H](C(c2cc(C(F)(F)F)cc(C(F)(F)F)c2)c2ncc(N3CCC(C(C)=O)CC3)cn2)c2nc(C)ccc2N1C(=O)O. The van der Waals surface area contributed by atoms with Crippen molar-refractivity contribution in [1.82, 2.24) is 15.0 Å². The van der Waals surface area contributed by atoms with Crippen LogP contribution < -0.4 is 15.5 Å². The number of Topliss-reactive ketones (excluding diaryl/α,β-unsaturated/α-hetero) is 1. The molecule has 2 aliphatic heterocycles. The Morgan fingerprint density at radius 3 is 1.98 bits per heavy atom. The van der Waals surface area contributed by atoms with Crippen molar-refractivity contribution in [2.75, 3.05) is 36.1 Å². The molecule has 3 aromatic rings. The molecule has 0 saturated carbocycles. The van der Waals surface area contributed by atoms with Gasteiger partial charge in [0.2, 0.25) is 0 Å². The van der Waals surface area contributed by atoms with Crippen LogP contribution in [0.5, 0.6) is 0 Å². The number of carboxylic acid groups (broad SMARTS) is 1. The molecule has 52 heavy (non-hydrogen) atoms. The van der Waals surface area contributed by atoms with E-state index in [2.05, 4.69) is 15.0 Å². The van der Waals surface area contributed by atoms with Crippen LogP contribution in [-0.4, -0.2) is 63.9 Å². The second-order valence-electron chi connectivity index (χ2n) is 13.0. The molecule has 0 bridgehead atoms. The number of aryl methyl sites for hydroxylation is 1. The van der Waals surface area contributed by atoms with Crippen LogP contribution in [0.4, 0.5) is 42.5 Å². The van der Waals surface area contributed by atoms with Gasteiger partial charge in [-0.3, -0.25) is 14.7 Å². The van der Waals surface area contributed by atoms with Crippen LogP contribution in [-0.2, 0) is 21.9 Å². The lowest BCUT2D eigenvalue weighted by atomic mass is 9.73. The number of piperidine rings is 1. The Hall–Kier alpha value is -4.31. The first-order valence-electron chi connectivity index (χ1n) is 17.1. The maximum absolute atomic E-state index is 14.1. The van der Waals surface area contributed by atoms with Gasteiger partial charge in [-0.15, -0.1) is 0 Å². The highest BCUT2D eigenvalue weighted by Crippen LogP contribution is 2.51. The maximum atomic E-state index is 14.1. The number of fused-ring (bicyclic) bond motifs is 1. The van der Waals surface area contributed by atoms with Crippen molar-refractivity contribution in [2.24, 2.45) is 11.7 Å². The number of nitrogens with zero attached hydrogens (tertiary/aromatic N) is 5. The molecule has 0 radical (unpaired) electrons. The van der Waals surface area contributed by atoms with Gasteiger partial charge in [0.05, 0.1) is 52.2 Å². The van der Waals surface area contributed by atoms with E-state index in [1.165, 1.54) is 18.5 Å². The number of rotatable bonds is 8. The quantitative estimate of drug-likeness (QED) is 0.221. The lowest BCUT2D eigenvalue weighted by Gasteiger charge is -2.47. The molecule has 0 aliphatic carbocycles. The van der Waals surface area contributed by atoms with Crippen molar-refractivity contribution in [3.8, 4) is 0 Å². The third-order valence-corrected chi connectivity index (χ3v) is 9.61. The molecule has 0 spiro atoms. The van der Waals surface area contributed by atoms with Gasteiger partial charge in [0.25, 0.3) is 0 Å². The van der Waals surface area contributed by atoms with Crippen molar-refractivity contribution in [2.45, 2.75) is 90.2 Å². The first-order chi connectivity index (χ1) is 24.3. The fourth-order valence-corrected chi connectivity index (χ4v) is 6.84. The van der Waals surface area contributed by atoms with Crippen LogP contribution >= 0.6 is 0 Å². The highest BCUT2D eigenvalue weighted by atomic mass is 19.4. The van der Waals surface area contributed by atoms with Crippen molar-refractivity contribution >= 4 is 23.3 Å². The number of benzene rings is 1. The summed E-state index contributed by atoms with van der Waals surface area (Å²) < 4.78 is 89.2. The highest BCUT2D eigenvalue weighted by molar-refractivity contribution is 5.89. The minimum Gasteiger partial charge on any atom is -0.465 e. The van der Waals surface area contributed by atoms with Gasteiger partial charge >= 0.3 is 18.4 Å². The third-order valence-electron chi connectivity index (χ3n) is 9.61. The molecule has 1 aromatic carbocycles. The van der Waals surface area contributed by atoms with Crippen LogP contribution in [0.1, 0.15) is 99.1 Å². The van der Waals surface area contributed by atoms with E-state index in [9.17, 15) is 41.0 Å². The number of hydrogen-bond acceptors (Lipinski definition) is 8. The van der Waals surface area contributed by atoms with Crippen molar-refractivity contribution in [3.05, 3.63) is 76.6 Å². The van der Waals surface area contributed by atoms with Gasteiger partial charge in [0.15, 0.2) is 0 Å². The smallest absolute Gasteiger partial charge is 0.416 e. The molecule has 5 rings (SSSR count). The summed E-state index contributed by atoms with van der Waals surface area (Å²) in [6.45, 7) is 11.6. The normalized spacial score (nSPS) is 20.1. The zero-order valence-corrected chi connectivity index (χ0v) is 29.7. The van der Waals surface area contributed by atoms with E-state index in [0.29, 0.717) is 49.4 Å². The standard InChI is InChI=1S/C32H34F6N6O3.C4H10O/c1-4-30(39)14-24(27-25(44(30)29(46)47)6-5-17(2)42-27)26(20-11-21(31(33,34)35)13-22(12-20)32(36,37)38)28-40-15-23(16-41-28)43-9-7-19(8-10-43)18(3)45;1-3-5-4-2/h5-6,11-13,15-16,19,24,26H,4,7-10,14,39H2,1-3H3,(H,46,47);3-4H2,1-2H3/t24-,26?,30+;/m0./s1. The van der Waals surface area contributed by atoms with Gasteiger partial charge in [-0.25, -0.2) is 14.8 Å². The summed E-state index contributed by atoms with van der Waals surface area (Å²) in [5.74, 6) is -2.41. The summed E-state index contributed by atoms with van der Waals surface area (Å²) in [7, 11) is 0. The summed E-state index contributed by atoms with van der Waals surface area (Å²) in [5.41, 5.74) is 2.93. The van der Waals surface area contributed by atoms with E-state index in [1.807, 2.05) is 18.7 Å². The van der Waals surface area contributed by atoms with Crippen LogP contribution in [0.15, 0.2) is 42.7 Å². The second-order valence-corrected chi connectivity index (χ2v) is 13.0. The van der Waals surface area contributed by atoms with Gasteiger partial charge in [0, 0.05) is 43.8 Å². The van der Waals surface area contributed by atoms with Gasteiger partial charge < -0.3 is 20.5 Å². The van der Waals surface area contributed by atoms with Crippen LogP contribution in [0.2, 0.25) is 0 Å². The average Bonchev–Trinajstić information content (AvgIpc) is 3.08. The molecule has 4 heterocycles. The number of pyridine rings is 1. The second kappa shape index (κ2) is 16.1. The van der Waals surface area contributed by atoms with E-state index >= 15 is 0 Å². The Bertz CT molecular complexity index is 1680. The molecular weight excluding hydrogens is 694 g/mol. The third kappa shape index (κ3) is 9.00. The summed E-state index contributed by atoms with van der Waals surface area (Å²) in [4.78, 5) is 40.7. The van der Waals surface area contributed by atoms with E-state index < -0.39 is 47.1 Å². The lowest BCUT2D eigenvalue weighted by Crippen LogP contribution is -2.61. The maximum Gasteiger partial charge on any atom is 0.416 e. The Kier molecular flexibility index (Phi) is 12.6. The van der Waals surface area contributed by atoms with E-state index in [1.54, 1.807) is 26.8 Å². The van der Waals surface area contributed by atoms with E-state index in [4.69, 9.17) is 10.5 Å². The van der Waals surface area contributed by atoms with Crippen LogP contribution in [0, 0.1) is 12.8 Å². The van der Waals surface area contributed by atoms with Crippen molar-refractivity contribution in [1.29, 1.82) is 0 Å². The predicted molar refractivity (Wildman–Crippen MR) is 182 cm³/mol. The number of amides is 1. The average molecular weight is 739 g/mol. The van der Waals surface area contributed by atoms with Crippen molar-refractivity contribution in [3.63, 3.8) is 0 Å². The Labute approximate surface area is 298 Å². The summed E-state index contributed by atoms with van der Waals surface area (Å²) in [5, 5.41) is 10.2. The molecule has 3 N–H and O–H groups in total. The number of ketones is 1. The molecule has 1 unspecified atom stereocenters. The molecule has 1 fully saturated rings. The fraction of sp³-hybridized carbons (Fsp3) is 0.528. The molecule has 1 saturated heterocycles. The number of halogens is 6. The van der Waals surface area contributed by atoms with Gasteiger partial charge in [-0.05, 0) is 89.3 Å². The monoisotopic (exact) mass is 738 g/mol. The molecule has 1 amide bonds. The summed E-state index contributed by atoms with van der Waals surface area (Å²) >= 11 is 0. The largest absolute Gasteiger partial charge is 0.465 e. The van der Waals surface area contributed by atoms with Gasteiger partial charge in [-0.2, -0.15) is 26.3 Å². The molecule has 2 aromatic heterocycles. The summed E-state index contributed by atoms with van der Waals surface area (Å²) in [6.07, 6.45) is -7.61. The Morgan fingerprint density at radius 1 is 0.981 bits per heavy atom. The number of aromatic nitrogens is 3.